The Morgan fingerprint density at radius 1 is 1.07 bits per heavy atom. The summed E-state index contributed by atoms with van der Waals surface area (Å²) in [6.45, 7) is 0.803. The molecular weight excluding hydrogens is 356 g/mol. The molecule has 0 fully saturated rings. The molecule has 2 aromatic carbocycles. The Morgan fingerprint density at radius 3 is 2.46 bits per heavy atom. The maximum absolute atomic E-state index is 11.9. The molecule has 0 radical (unpaired) electrons. The Labute approximate surface area is 164 Å². The van der Waals surface area contributed by atoms with E-state index in [0.717, 1.165) is 29.0 Å². The van der Waals surface area contributed by atoms with Gasteiger partial charge in [0.05, 0.1) is 14.2 Å². The van der Waals surface area contributed by atoms with Crippen LogP contribution in [0.4, 0.5) is 0 Å². The SMILES string of the molecule is COC(=O)Cn1nc(-c2ccc(OC)cc2)nc1-c1cccc(CN(C)C)c1. The first-order chi connectivity index (χ1) is 13.5. The first-order valence-electron chi connectivity index (χ1n) is 8.90. The molecule has 0 saturated carbocycles. The van der Waals surface area contributed by atoms with Crippen LogP contribution in [0.5, 0.6) is 5.75 Å². The lowest BCUT2D eigenvalue weighted by Gasteiger charge is -2.11. The summed E-state index contributed by atoms with van der Waals surface area (Å²) in [6, 6.07) is 15.6. The van der Waals surface area contributed by atoms with Crippen LogP contribution in [0.3, 0.4) is 0 Å². The third-order valence-corrected chi connectivity index (χ3v) is 4.21. The van der Waals surface area contributed by atoms with Crippen molar-refractivity contribution in [3.05, 3.63) is 54.1 Å². The maximum Gasteiger partial charge on any atom is 0.327 e. The van der Waals surface area contributed by atoms with E-state index in [4.69, 9.17) is 14.5 Å². The molecule has 0 amide bonds. The minimum absolute atomic E-state index is 0.00705. The van der Waals surface area contributed by atoms with Crippen molar-refractivity contribution in [3.63, 3.8) is 0 Å². The first-order valence-corrected chi connectivity index (χ1v) is 8.90. The van der Waals surface area contributed by atoms with Crippen LogP contribution in [-0.2, 0) is 22.6 Å². The number of benzene rings is 2. The number of carbonyl (C=O) groups is 1. The van der Waals surface area contributed by atoms with E-state index < -0.39 is 0 Å². The molecule has 3 aromatic rings. The number of nitrogens with zero attached hydrogens (tertiary/aromatic N) is 4. The van der Waals surface area contributed by atoms with Gasteiger partial charge in [-0.2, -0.15) is 0 Å². The Hall–Kier alpha value is -3.19. The Balaban J connectivity index is 2.03. The lowest BCUT2D eigenvalue weighted by Crippen LogP contribution is -2.14. The Kier molecular flexibility index (Phi) is 6.06. The van der Waals surface area contributed by atoms with Gasteiger partial charge in [-0.1, -0.05) is 18.2 Å². The van der Waals surface area contributed by atoms with Crippen molar-refractivity contribution in [1.82, 2.24) is 19.7 Å². The van der Waals surface area contributed by atoms with E-state index in [1.807, 2.05) is 50.5 Å². The zero-order chi connectivity index (χ0) is 20.1. The molecule has 7 nitrogen and oxygen atoms in total. The van der Waals surface area contributed by atoms with Gasteiger partial charge >= 0.3 is 5.97 Å². The number of ether oxygens (including phenoxy) is 2. The molecule has 0 N–H and O–H groups in total. The lowest BCUT2D eigenvalue weighted by atomic mass is 10.1. The number of aromatic nitrogens is 3. The highest BCUT2D eigenvalue weighted by atomic mass is 16.5. The van der Waals surface area contributed by atoms with Crippen LogP contribution in [0.25, 0.3) is 22.8 Å². The largest absolute Gasteiger partial charge is 0.497 e. The molecule has 146 valence electrons. The van der Waals surface area contributed by atoms with E-state index in [1.165, 1.54) is 7.11 Å². The number of esters is 1. The summed E-state index contributed by atoms with van der Waals surface area (Å²) >= 11 is 0. The molecule has 7 heteroatoms. The fourth-order valence-electron chi connectivity index (χ4n) is 2.89. The number of methoxy groups -OCH3 is 2. The lowest BCUT2D eigenvalue weighted by molar-refractivity contribution is -0.141. The summed E-state index contributed by atoms with van der Waals surface area (Å²) in [6.07, 6.45) is 0. The first kappa shape index (κ1) is 19.6. The fourth-order valence-corrected chi connectivity index (χ4v) is 2.89. The molecule has 3 rings (SSSR count). The monoisotopic (exact) mass is 380 g/mol. The average molecular weight is 380 g/mol. The van der Waals surface area contributed by atoms with Crippen LogP contribution in [0, 0.1) is 0 Å². The van der Waals surface area contributed by atoms with E-state index in [1.54, 1.807) is 11.8 Å². The molecule has 0 aliphatic carbocycles. The summed E-state index contributed by atoms with van der Waals surface area (Å²) in [4.78, 5) is 18.7. The zero-order valence-electron chi connectivity index (χ0n) is 16.5. The van der Waals surface area contributed by atoms with Crippen LogP contribution >= 0.6 is 0 Å². The van der Waals surface area contributed by atoms with Gasteiger partial charge in [0.1, 0.15) is 12.3 Å². The van der Waals surface area contributed by atoms with Gasteiger partial charge < -0.3 is 14.4 Å². The molecule has 0 aliphatic heterocycles. The van der Waals surface area contributed by atoms with Crippen LogP contribution in [0.2, 0.25) is 0 Å². The van der Waals surface area contributed by atoms with E-state index in [2.05, 4.69) is 22.1 Å². The summed E-state index contributed by atoms with van der Waals surface area (Å²) in [5.41, 5.74) is 2.90. The summed E-state index contributed by atoms with van der Waals surface area (Å²) < 4.78 is 11.6. The second-order valence-electron chi connectivity index (χ2n) is 6.66. The van der Waals surface area contributed by atoms with Crippen molar-refractivity contribution in [2.45, 2.75) is 13.1 Å². The van der Waals surface area contributed by atoms with Crippen LogP contribution in [0.15, 0.2) is 48.5 Å². The second kappa shape index (κ2) is 8.67. The van der Waals surface area contributed by atoms with Crippen molar-refractivity contribution in [1.29, 1.82) is 0 Å². The normalized spacial score (nSPS) is 10.9. The second-order valence-corrected chi connectivity index (χ2v) is 6.66. The van der Waals surface area contributed by atoms with E-state index >= 15 is 0 Å². The van der Waals surface area contributed by atoms with E-state index in [-0.39, 0.29) is 12.5 Å². The smallest absolute Gasteiger partial charge is 0.327 e. The van der Waals surface area contributed by atoms with Gasteiger partial charge in [0, 0.05) is 17.7 Å². The Morgan fingerprint density at radius 2 is 1.82 bits per heavy atom. The predicted molar refractivity (Wildman–Crippen MR) is 107 cm³/mol. The third-order valence-electron chi connectivity index (χ3n) is 4.21. The molecule has 0 spiro atoms. The predicted octanol–water partition coefficient (Wildman–Crippen LogP) is 2.86. The molecule has 1 heterocycles. The van der Waals surface area contributed by atoms with Crippen LogP contribution < -0.4 is 4.74 Å². The topological polar surface area (TPSA) is 69.5 Å². The van der Waals surface area contributed by atoms with Gasteiger partial charge in [-0.15, -0.1) is 5.10 Å². The highest BCUT2D eigenvalue weighted by molar-refractivity contribution is 5.71. The molecular formula is C21H24N4O3. The quantitative estimate of drug-likeness (QED) is 0.587. The molecule has 0 aliphatic rings. The number of hydrogen-bond donors (Lipinski definition) is 0. The van der Waals surface area contributed by atoms with E-state index in [9.17, 15) is 4.79 Å². The van der Waals surface area contributed by atoms with Crippen molar-refractivity contribution in [2.24, 2.45) is 0 Å². The van der Waals surface area contributed by atoms with Gasteiger partial charge in [0.25, 0.3) is 0 Å². The van der Waals surface area contributed by atoms with Crippen LogP contribution in [-0.4, -0.2) is 53.9 Å². The molecule has 0 saturated heterocycles. The number of carbonyl (C=O) groups excluding carboxylic acids is 1. The molecule has 0 unspecified atom stereocenters. The van der Waals surface area contributed by atoms with E-state index in [0.29, 0.717) is 11.6 Å². The standard InChI is InChI=1S/C21H24N4O3/c1-24(2)13-15-6-5-7-17(12-15)21-22-20(23-25(21)14-19(26)28-4)16-8-10-18(27-3)11-9-16/h5-12H,13-14H2,1-4H3. The van der Waals surface area contributed by atoms with Gasteiger partial charge in [0.2, 0.25) is 0 Å². The molecule has 0 atom stereocenters. The minimum Gasteiger partial charge on any atom is -0.497 e. The minimum atomic E-state index is -0.378. The highest BCUT2D eigenvalue weighted by Gasteiger charge is 2.16. The van der Waals surface area contributed by atoms with Gasteiger partial charge in [-0.3, -0.25) is 4.79 Å². The molecule has 0 bridgehead atoms. The molecule has 1 aromatic heterocycles. The van der Waals surface area contributed by atoms with Gasteiger partial charge in [-0.25, -0.2) is 9.67 Å². The maximum atomic E-state index is 11.9. The number of hydrogen-bond acceptors (Lipinski definition) is 6. The van der Waals surface area contributed by atoms with Gasteiger partial charge in [-0.05, 0) is 50.0 Å². The Bertz CT molecular complexity index is 949. The van der Waals surface area contributed by atoms with Gasteiger partial charge in [0.15, 0.2) is 11.6 Å². The zero-order valence-corrected chi connectivity index (χ0v) is 16.5. The van der Waals surface area contributed by atoms with Crippen molar-refractivity contribution < 1.29 is 14.3 Å². The summed E-state index contributed by atoms with van der Waals surface area (Å²) in [5.74, 6) is 1.54. The average Bonchev–Trinajstić information content (AvgIpc) is 3.11. The van der Waals surface area contributed by atoms with Crippen molar-refractivity contribution >= 4 is 5.97 Å². The summed E-state index contributed by atoms with van der Waals surface area (Å²) in [7, 11) is 7.03. The molecule has 28 heavy (non-hydrogen) atoms. The number of rotatable bonds is 7. The van der Waals surface area contributed by atoms with Crippen LogP contribution in [0.1, 0.15) is 5.56 Å². The fraction of sp³-hybridized carbons (Fsp3) is 0.286. The third kappa shape index (κ3) is 4.55. The highest BCUT2D eigenvalue weighted by Crippen LogP contribution is 2.25. The van der Waals surface area contributed by atoms with Crippen molar-refractivity contribution in [2.75, 3.05) is 28.3 Å². The summed E-state index contributed by atoms with van der Waals surface area (Å²) in [5, 5.41) is 4.54. The van der Waals surface area contributed by atoms with Crippen molar-refractivity contribution in [3.8, 4) is 28.5 Å².